The fraction of sp³-hybridized carbons (Fsp3) is 0.588. The summed E-state index contributed by atoms with van der Waals surface area (Å²) < 4.78 is 0. The summed E-state index contributed by atoms with van der Waals surface area (Å²) in [4.78, 5) is 11.9. The number of unbranched alkanes of at least 4 members (excludes halogenated alkanes) is 6. The molecule has 1 aromatic rings. The van der Waals surface area contributed by atoms with E-state index < -0.39 is 0 Å². The SMILES string of the molecule is CCCCCCCCCC(=O)Nc1cc(N)ccc1C. The Hall–Kier alpha value is -1.51. The van der Waals surface area contributed by atoms with E-state index in [4.69, 9.17) is 5.73 Å². The minimum atomic E-state index is 0.0901. The van der Waals surface area contributed by atoms with Crippen LogP contribution in [0.1, 0.15) is 63.9 Å². The maximum Gasteiger partial charge on any atom is 0.224 e. The van der Waals surface area contributed by atoms with E-state index in [0.29, 0.717) is 12.1 Å². The van der Waals surface area contributed by atoms with Gasteiger partial charge in [0.15, 0.2) is 0 Å². The van der Waals surface area contributed by atoms with E-state index in [2.05, 4.69) is 12.2 Å². The van der Waals surface area contributed by atoms with Gasteiger partial charge in [0.1, 0.15) is 0 Å². The second kappa shape index (κ2) is 9.40. The van der Waals surface area contributed by atoms with Crippen LogP contribution in [0.15, 0.2) is 18.2 Å². The number of hydrogen-bond donors (Lipinski definition) is 2. The monoisotopic (exact) mass is 276 g/mol. The summed E-state index contributed by atoms with van der Waals surface area (Å²) >= 11 is 0. The van der Waals surface area contributed by atoms with Gasteiger partial charge >= 0.3 is 0 Å². The molecule has 0 saturated carbocycles. The van der Waals surface area contributed by atoms with Crippen LogP contribution in [0.25, 0.3) is 0 Å². The van der Waals surface area contributed by atoms with Gasteiger partial charge in [0, 0.05) is 17.8 Å². The Morgan fingerprint density at radius 2 is 1.75 bits per heavy atom. The molecule has 0 aliphatic heterocycles. The van der Waals surface area contributed by atoms with Gasteiger partial charge in [-0.1, -0.05) is 51.5 Å². The highest BCUT2D eigenvalue weighted by Crippen LogP contribution is 2.18. The molecule has 1 aromatic carbocycles. The second-order valence-electron chi connectivity index (χ2n) is 5.49. The number of hydrogen-bond acceptors (Lipinski definition) is 2. The first-order valence-electron chi connectivity index (χ1n) is 7.79. The first kappa shape index (κ1) is 16.5. The smallest absolute Gasteiger partial charge is 0.224 e. The van der Waals surface area contributed by atoms with E-state index in [9.17, 15) is 4.79 Å². The number of nitrogens with one attached hydrogen (secondary N) is 1. The third kappa shape index (κ3) is 6.60. The second-order valence-corrected chi connectivity index (χ2v) is 5.49. The molecule has 1 rings (SSSR count). The number of carbonyl (C=O) groups is 1. The molecule has 0 unspecified atom stereocenters. The molecule has 0 aromatic heterocycles. The highest BCUT2D eigenvalue weighted by Gasteiger charge is 2.05. The minimum Gasteiger partial charge on any atom is -0.399 e. The average Bonchev–Trinajstić information content (AvgIpc) is 2.42. The van der Waals surface area contributed by atoms with Crippen molar-refractivity contribution in [1.29, 1.82) is 0 Å². The summed E-state index contributed by atoms with van der Waals surface area (Å²) in [5, 5.41) is 2.94. The van der Waals surface area contributed by atoms with Gasteiger partial charge < -0.3 is 11.1 Å². The van der Waals surface area contributed by atoms with Crippen LogP contribution in [-0.4, -0.2) is 5.91 Å². The normalized spacial score (nSPS) is 10.5. The summed E-state index contributed by atoms with van der Waals surface area (Å²) in [5.74, 6) is 0.0901. The Morgan fingerprint density at radius 3 is 2.45 bits per heavy atom. The van der Waals surface area contributed by atoms with Crippen molar-refractivity contribution in [2.24, 2.45) is 0 Å². The Labute approximate surface area is 122 Å². The lowest BCUT2D eigenvalue weighted by atomic mass is 10.1. The fourth-order valence-corrected chi connectivity index (χ4v) is 2.23. The van der Waals surface area contributed by atoms with E-state index in [1.54, 1.807) is 0 Å². The summed E-state index contributed by atoms with van der Waals surface area (Å²) in [6.45, 7) is 4.20. The number of carbonyl (C=O) groups excluding carboxylic acids is 1. The molecule has 0 bridgehead atoms. The molecular weight excluding hydrogens is 248 g/mol. The van der Waals surface area contributed by atoms with Crippen molar-refractivity contribution in [3.63, 3.8) is 0 Å². The summed E-state index contributed by atoms with van der Waals surface area (Å²) in [6.07, 6.45) is 9.19. The van der Waals surface area contributed by atoms with Crippen LogP contribution in [0.2, 0.25) is 0 Å². The zero-order valence-electron chi connectivity index (χ0n) is 12.9. The predicted octanol–water partition coefficient (Wildman–Crippen LogP) is 4.66. The number of benzene rings is 1. The molecule has 0 fully saturated rings. The molecular formula is C17H28N2O. The van der Waals surface area contributed by atoms with Gasteiger partial charge in [-0.3, -0.25) is 4.79 Å². The summed E-state index contributed by atoms with van der Waals surface area (Å²) in [6, 6.07) is 5.60. The first-order chi connectivity index (χ1) is 9.63. The molecule has 0 aliphatic rings. The van der Waals surface area contributed by atoms with Crippen LogP contribution in [0.4, 0.5) is 11.4 Å². The van der Waals surface area contributed by atoms with E-state index in [-0.39, 0.29) is 5.91 Å². The molecule has 3 heteroatoms. The number of anilines is 2. The highest BCUT2D eigenvalue weighted by molar-refractivity contribution is 5.91. The van der Waals surface area contributed by atoms with Crippen molar-refractivity contribution in [1.82, 2.24) is 0 Å². The Bertz CT molecular complexity index is 415. The standard InChI is InChI=1S/C17H28N2O/c1-3-4-5-6-7-8-9-10-17(20)19-16-13-15(18)12-11-14(16)2/h11-13H,3-10,18H2,1-2H3,(H,19,20). The van der Waals surface area contributed by atoms with Crippen molar-refractivity contribution in [2.45, 2.75) is 65.2 Å². The number of rotatable bonds is 9. The Balaban J connectivity index is 2.19. The molecule has 3 N–H and O–H groups in total. The maximum atomic E-state index is 11.9. The topological polar surface area (TPSA) is 55.1 Å². The summed E-state index contributed by atoms with van der Waals surface area (Å²) in [5.41, 5.74) is 8.29. The van der Waals surface area contributed by atoms with Crippen molar-refractivity contribution >= 4 is 17.3 Å². The maximum absolute atomic E-state index is 11.9. The number of nitrogen functional groups attached to an aromatic ring is 1. The Kier molecular flexibility index (Phi) is 7.78. The molecule has 0 spiro atoms. The highest BCUT2D eigenvalue weighted by atomic mass is 16.1. The van der Waals surface area contributed by atoms with E-state index in [1.807, 2.05) is 25.1 Å². The third-order valence-corrected chi connectivity index (χ3v) is 3.54. The van der Waals surface area contributed by atoms with E-state index in [0.717, 1.165) is 24.1 Å². The minimum absolute atomic E-state index is 0.0901. The van der Waals surface area contributed by atoms with E-state index in [1.165, 1.54) is 32.1 Å². The largest absolute Gasteiger partial charge is 0.399 e. The van der Waals surface area contributed by atoms with Gasteiger partial charge in [0.05, 0.1) is 0 Å². The number of nitrogens with two attached hydrogens (primary N) is 1. The molecule has 0 saturated heterocycles. The van der Waals surface area contributed by atoms with Gasteiger partial charge in [-0.2, -0.15) is 0 Å². The molecule has 0 atom stereocenters. The molecule has 20 heavy (non-hydrogen) atoms. The van der Waals surface area contributed by atoms with Gasteiger partial charge in [0.25, 0.3) is 0 Å². The zero-order chi connectivity index (χ0) is 14.8. The van der Waals surface area contributed by atoms with Crippen LogP contribution >= 0.6 is 0 Å². The summed E-state index contributed by atoms with van der Waals surface area (Å²) in [7, 11) is 0. The van der Waals surface area contributed by atoms with E-state index >= 15 is 0 Å². The van der Waals surface area contributed by atoms with Gasteiger partial charge in [-0.15, -0.1) is 0 Å². The van der Waals surface area contributed by atoms with Crippen LogP contribution < -0.4 is 11.1 Å². The van der Waals surface area contributed by atoms with Crippen molar-refractivity contribution in [3.8, 4) is 0 Å². The van der Waals surface area contributed by atoms with Crippen LogP contribution in [0.3, 0.4) is 0 Å². The Morgan fingerprint density at radius 1 is 1.10 bits per heavy atom. The lowest BCUT2D eigenvalue weighted by Gasteiger charge is -2.09. The van der Waals surface area contributed by atoms with Gasteiger partial charge in [0.2, 0.25) is 5.91 Å². The quantitative estimate of drug-likeness (QED) is 0.509. The van der Waals surface area contributed by atoms with Crippen LogP contribution in [-0.2, 0) is 4.79 Å². The molecule has 1 amide bonds. The first-order valence-corrected chi connectivity index (χ1v) is 7.79. The number of amides is 1. The van der Waals surface area contributed by atoms with Crippen LogP contribution in [0.5, 0.6) is 0 Å². The molecule has 0 heterocycles. The third-order valence-electron chi connectivity index (χ3n) is 3.54. The lowest BCUT2D eigenvalue weighted by molar-refractivity contribution is -0.116. The van der Waals surface area contributed by atoms with Crippen molar-refractivity contribution in [3.05, 3.63) is 23.8 Å². The van der Waals surface area contributed by atoms with Crippen molar-refractivity contribution < 1.29 is 4.79 Å². The lowest BCUT2D eigenvalue weighted by Crippen LogP contribution is -2.12. The predicted molar refractivity (Wildman–Crippen MR) is 86.8 cm³/mol. The fourth-order valence-electron chi connectivity index (χ4n) is 2.23. The molecule has 3 nitrogen and oxygen atoms in total. The molecule has 112 valence electrons. The van der Waals surface area contributed by atoms with Gasteiger partial charge in [-0.05, 0) is 31.0 Å². The molecule has 0 radical (unpaired) electrons. The van der Waals surface area contributed by atoms with Crippen LogP contribution in [0, 0.1) is 6.92 Å². The average molecular weight is 276 g/mol. The number of aryl methyl sites for hydroxylation is 1. The zero-order valence-corrected chi connectivity index (χ0v) is 12.9. The van der Waals surface area contributed by atoms with Crippen molar-refractivity contribution in [2.75, 3.05) is 11.1 Å². The molecule has 0 aliphatic carbocycles. The van der Waals surface area contributed by atoms with Gasteiger partial charge in [-0.25, -0.2) is 0 Å².